The summed E-state index contributed by atoms with van der Waals surface area (Å²) in [5.41, 5.74) is 0.751. The summed E-state index contributed by atoms with van der Waals surface area (Å²) in [6, 6.07) is 0. The molecule has 3 nitrogen and oxygen atoms in total. The lowest BCUT2D eigenvalue weighted by Crippen LogP contribution is -1.89. The zero-order valence-electron chi connectivity index (χ0n) is 5.74. The largest absolute Gasteiger partial charge is 0.480 e. The van der Waals surface area contributed by atoms with Gasteiger partial charge >= 0.3 is 0 Å². The molecule has 0 N–H and O–H groups in total. The fraction of sp³-hybridized carbons (Fsp3) is 0.143. The minimum absolute atomic E-state index is 0.519. The Bertz CT molecular complexity index is 218. The average molecular weight is 136 g/mol. The SMILES string of the molecule is C=Cc1cnc(OC)cn1. The molecule has 0 atom stereocenters. The second-order valence-corrected chi connectivity index (χ2v) is 1.69. The van der Waals surface area contributed by atoms with Gasteiger partial charge < -0.3 is 4.74 Å². The number of hydrogen-bond donors (Lipinski definition) is 0. The summed E-state index contributed by atoms with van der Waals surface area (Å²) >= 11 is 0. The third-order valence-electron chi connectivity index (χ3n) is 1.07. The molecule has 1 aromatic heterocycles. The van der Waals surface area contributed by atoms with Crippen LogP contribution in [0.2, 0.25) is 0 Å². The second kappa shape index (κ2) is 2.96. The van der Waals surface area contributed by atoms with Crippen molar-refractivity contribution in [2.75, 3.05) is 7.11 Å². The van der Waals surface area contributed by atoms with E-state index in [2.05, 4.69) is 16.5 Å². The van der Waals surface area contributed by atoms with Gasteiger partial charge in [-0.25, -0.2) is 9.97 Å². The number of aromatic nitrogens is 2. The van der Waals surface area contributed by atoms with Crippen LogP contribution in [0, 0.1) is 0 Å². The van der Waals surface area contributed by atoms with Gasteiger partial charge in [0.1, 0.15) is 0 Å². The van der Waals surface area contributed by atoms with Crippen molar-refractivity contribution >= 4 is 6.08 Å². The van der Waals surface area contributed by atoms with Gasteiger partial charge in [-0.15, -0.1) is 0 Å². The van der Waals surface area contributed by atoms with E-state index in [0.717, 1.165) is 5.69 Å². The Hall–Kier alpha value is -1.38. The van der Waals surface area contributed by atoms with Gasteiger partial charge in [0.05, 0.1) is 25.2 Å². The highest BCUT2D eigenvalue weighted by atomic mass is 16.5. The Morgan fingerprint density at radius 3 is 2.70 bits per heavy atom. The molecule has 0 aliphatic heterocycles. The summed E-state index contributed by atoms with van der Waals surface area (Å²) in [5, 5.41) is 0. The van der Waals surface area contributed by atoms with E-state index in [1.165, 1.54) is 0 Å². The normalized spacial score (nSPS) is 8.90. The maximum absolute atomic E-state index is 4.81. The van der Waals surface area contributed by atoms with Crippen molar-refractivity contribution in [3.8, 4) is 5.88 Å². The Balaban J connectivity index is 2.90. The van der Waals surface area contributed by atoms with E-state index in [1.54, 1.807) is 25.6 Å². The highest BCUT2D eigenvalue weighted by molar-refractivity contribution is 5.39. The van der Waals surface area contributed by atoms with Crippen molar-refractivity contribution in [1.29, 1.82) is 0 Å². The van der Waals surface area contributed by atoms with Crippen LogP contribution in [0.15, 0.2) is 19.0 Å². The van der Waals surface area contributed by atoms with Gasteiger partial charge in [0, 0.05) is 0 Å². The maximum Gasteiger partial charge on any atom is 0.232 e. The first-order chi connectivity index (χ1) is 4.86. The predicted molar refractivity (Wildman–Crippen MR) is 38.7 cm³/mol. The lowest BCUT2D eigenvalue weighted by atomic mass is 10.4. The standard InChI is InChI=1S/C7H8N2O/c1-3-6-4-9-7(10-2)5-8-6/h3-5H,1H2,2H3. The molecular weight excluding hydrogens is 128 g/mol. The molecule has 0 amide bonds. The molecule has 0 aliphatic rings. The molecule has 0 saturated carbocycles. The van der Waals surface area contributed by atoms with Crippen LogP contribution in [-0.2, 0) is 0 Å². The number of methoxy groups -OCH3 is 1. The molecule has 0 saturated heterocycles. The monoisotopic (exact) mass is 136 g/mol. The van der Waals surface area contributed by atoms with Gasteiger partial charge in [0.15, 0.2) is 0 Å². The van der Waals surface area contributed by atoms with Crippen molar-refractivity contribution < 1.29 is 4.74 Å². The number of nitrogens with zero attached hydrogens (tertiary/aromatic N) is 2. The van der Waals surface area contributed by atoms with Crippen molar-refractivity contribution in [3.63, 3.8) is 0 Å². The molecule has 0 aromatic carbocycles. The van der Waals surface area contributed by atoms with Crippen LogP contribution >= 0.6 is 0 Å². The number of ether oxygens (including phenoxy) is 1. The molecule has 1 heterocycles. The Morgan fingerprint density at radius 2 is 2.30 bits per heavy atom. The summed E-state index contributed by atoms with van der Waals surface area (Å²) in [5.74, 6) is 0.519. The first-order valence-corrected chi connectivity index (χ1v) is 2.85. The molecule has 10 heavy (non-hydrogen) atoms. The Kier molecular flexibility index (Phi) is 1.99. The second-order valence-electron chi connectivity index (χ2n) is 1.69. The topological polar surface area (TPSA) is 35.0 Å². The minimum atomic E-state index is 0.519. The zero-order valence-corrected chi connectivity index (χ0v) is 5.74. The molecule has 3 heteroatoms. The first kappa shape index (κ1) is 6.74. The van der Waals surface area contributed by atoms with Crippen molar-refractivity contribution in [2.45, 2.75) is 0 Å². The van der Waals surface area contributed by atoms with Gasteiger partial charge in [-0.3, -0.25) is 0 Å². The molecule has 1 rings (SSSR count). The van der Waals surface area contributed by atoms with Crippen LogP contribution in [0.5, 0.6) is 5.88 Å². The van der Waals surface area contributed by atoms with Crippen LogP contribution in [0.25, 0.3) is 6.08 Å². The van der Waals surface area contributed by atoms with E-state index in [4.69, 9.17) is 4.74 Å². The smallest absolute Gasteiger partial charge is 0.232 e. The van der Waals surface area contributed by atoms with E-state index < -0.39 is 0 Å². The summed E-state index contributed by atoms with van der Waals surface area (Å²) in [7, 11) is 1.55. The lowest BCUT2D eigenvalue weighted by molar-refractivity contribution is 0.395. The highest BCUT2D eigenvalue weighted by Gasteiger charge is 1.90. The Morgan fingerprint density at radius 1 is 1.50 bits per heavy atom. The molecule has 1 aromatic rings. The van der Waals surface area contributed by atoms with Crippen LogP contribution in [0.4, 0.5) is 0 Å². The molecule has 0 radical (unpaired) electrons. The van der Waals surface area contributed by atoms with E-state index in [-0.39, 0.29) is 0 Å². The predicted octanol–water partition coefficient (Wildman–Crippen LogP) is 1.13. The first-order valence-electron chi connectivity index (χ1n) is 2.85. The molecule has 0 bridgehead atoms. The van der Waals surface area contributed by atoms with Gasteiger partial charge in [-0.2, -0.15) is 0 Å². The number of rotatable bonds is 2. The van der Waals surface area contributed by atoms with Crippen LogP contribution < -0.4 is 4.74 Å². The van der Waals surface area contributed by atoms with Crippen molar-refractivity contribution in [1.82, 2.24) is 9.97 Å². The van der Waals surface area contributed by atoms with E-state index >= 15 is 0 Å². The summed E-state index contributed by atoms with van der Waals surface area (Å²) in [6.07, 6.45) is 4.79. The van der Waals surface area contributed by atoms with Crippen LogP contribution in [0.1, 0.15) is 5.69 Å². The van der Waals surface area contributed by atoms with Gasteiger partial charge in [0.25, 0.3) is 0 Å². The van der Waals surface area contributed by atoms with Crippen LogP contribution in [0.3, 0.4) is 0 Å². The molecule has 0 fully saturated rings. The zero-order chi connectivity index (χ0) is 7.40. The maximum atomic E-state index is 4.81. The molecule has 0 spiro atoms. The van der Waals surface area contributed by atoms with Crippen LogP contribution in [-0.4, -0.2) is 17.1 Å². The van der Waals surface area contributed by atoms with Gasteiger partial charge in [0.2, 0.25) is 5.88 Å². The number of hydrogen-bond acceptors (Lipinski definition) is 3. The summed E-state index contributed by atoms with van der Waals surface area (Å²) in [4.78, 5) is 7.87. The summed E-state index contributed by atoms with van der Waals surface area (Å²) < 4.78 is 4.81. The minimum Gasteiger partial charge on any atom is -0.480 e. The average Bonchev–Trinajstić information content (AvgIpc) is 2.05. The van der Waals surface area contributed by atoms with Gasteiger partial charge in [-0.05, 0) is 6.08 Å². The molecule has 0 aliphatic carbocycles. The lowest BCUT2D eigenvalue weighted by Gasteiger charge is -1.95. The molecular formula is C7H8N2O. The summed E-state index contributed by atoms with van der Waals surface area (Å²) in [6.45, 7) is 3.54. The van der Waals surface area contributed by atoms with Crippen molar-refractivity contribution in [3.05, 3.63) is 24.7 Å². The highest BCUT2D eigenvalue weighted by Crippen LogP contribution is 2.02. The van der Waals surface area contributed by atoms with E-state index in [0.29, 0.717) is 5.88 Å². The fourth-order valence-electron chi connectivity index (χ4n) is 0.537. The van der Waals surface area contributed by atoms with Gasteiger partial charge in [-0.1, -0.05) is 6.58 Å². The van der Waals surface area contributed by atoms with Crippen molar-refractivity contribution in [2.24, 2.45) is 0 Å². The third kappa shape index (κ3) is 1.31. The quantitative estimate of drug-likeness (QED) is 0.611. The molecule has 0 unspecified atom stereocenters. The fourth-order valence-corrected chi connectivity index (χ4v) is 0.537. The van der Waals surface area contributed by atoms with E-state index in [9.17, 15) is 0 Å². The third-order valence-corrected chi connectivity index (χ3v) is 1.07. The Labute approximate surface area is 59.4 Å². The molecule has 52 valence electrons. The van der Waals surface area contributed by atoms with E-state index in [1.807, 2.05) is 0 Å².